The molecule has 1 atom stereocenters. The van der Waals surface area contributed by atoms with Gasteiger partial charge in [0.15, 0.2) is 5.76 Å². The first-order chi connectivity index (χ1) is 8.13. The molecule has 0 aromatic carbocycles. The van der Waals surface area contributed by atoms with E-state index in [1.165, 1.54) is 0 Å². The van der Waals surface area contributed by atoms with Crippen molar-refractivity contribution in [2.45, 2.75) is 45.6 Å². The number of aromatic nitrogens is 1. The summed E-state index contributed by atoms with van der Waals surface area (Å²) in [5, 5.41) is 3.77. The second-order valence-corrected chi connectivity index (χ2v) is 4.57. The Morgan fingerprint density at radius 2 is 2.18 bits per heavy atom. The molecule has 1 aliphatic rings. The number of hydroxylamine groups is 2. The number of rotatable bonds is 3. The number of hydrogen-bond donors (Lipinski definition) is 0. The van der Waals surface area contributed by atoms with Gasteiger partial charge in [-0.05, 0) is 12.8 Å². The van der Waals surface area contributed by atoms with E-state index in [4.69, 9.17) is 9.36 Å². The molecule has 1 unspecified atom stereocenters. The maximum atomic E-state index is 12.1. The lowest BCUT2D eigenvalue weighted by atomic mass is 10.1. The zero-order chi connectivity index (χ0) is 12.5. The smallest absolute Gasteiger partial charge is 0.348 e. The Morgan fingerprint density at radius 1 is 1.53 bits per heavy atom. The topological polar surface area (TPSA) is 52.3 Å². The summed E-state index contributed by atoms with van der Waals surface area (Å²) in [4.78, 5) is 17.7. The molecular formula is C12H19N2O3+. The fraction of sp³-hybridized carbons (Fsp3) is 0.667. The normalized spacial score (nSPS) is 20.4. The highest BCUT2D eigenvalue weighted by atomic mass is 16.7. The number of quaternary nitrogens is 1. The summed E-state index contributed by atoms with van der Waals surface area (Å²) < 4.78 is 5.00. The van der Waals surface area contributed by atoms with E-state index < -0.39 is 0 Å². The van der Waals surface area contributed by atoms with Gasteiger partial charge in [0.1, 0.15) is 12.2 Å². The van der Waals surface area contributed by atoms with E-state index in [9.17, 15) is 4.79 Å². The van der Waals surface area contributed by atoms with Gasteiger partial charge in [-0.3, -0.25) is 0 Å². The molecule has 1 aromatic rings. The largest absolute Gasteiger partial charge is 0.355 e. The van der Waals surface area contributed by atoms with Gasteiger partial charge in [-0.15, -0.1) is 0 Å². The Kier molecular flexibility index (Phi) is 3.31. The second kappa shape index (κ2) is 4.58. The SMILES string of the molecule is CO[N+](C(C)=O)(c1cnoc1C)C1CCCC1. The lowest BCUT2D eigenvalue weighted by molar-refractivity contribution is -0.180. The van der Waals surface area contributed by atoms with Crippen LogP contribution in [0, 0.1) is 6.92 Å². The van der Waals surface area contributed by atoms with Crippen LogP contribution in [0.3, 0.4) is 0 Å². The molecule has 1 aliphatic carbocycles. The third-order valence-corrected chi connectivity index (χ3v) is 3.68. The Bertz CT molecular complexity index is 410. The van der Waals surface area contributed by atoms with Crippen LogP contribution in [0.4, 0.5) is 5.69 Å². The van der Waals surface area contributed by atoms with E-state index in [0.717, 1.165) is 31.4 Å². The highest BCUT2D eigenvalue weighted by Crippen LogP contribution is 2.37. The zero-order valence-corrected chi connectivity index (χ0v) is 10.6. The minimum atomic E-state index is -0.0880. The van der Waals surface area contributed by atoms with Gasteiger partial charge in [-0.2, -0.15) is 4.84 Å². The van der Waals surface area contributed by atoms with Gasteiger partial charge in [-0.25, -0.2) is 4.79 Å². The molecule has 0 N–H and O–H groups in total. The van der Waals surface area contributed by atoms with Crippen LogP contribution in [-0.4, -0.2) is 24.2 Å². The standard InChI is InChI=1S/C12H19N2O3/c1-9-12(8-13-17-9)14(16-3,10(2)15)11-6-4-5-7-11/h8,11H,4-7H2,1-3H3/q+1. The Balaban J connectivity index is 2.49. The van der Waals surface area contributed by atoms with Gasteiger partial charge in [-0.1, -0.05) is 9.80 Å². The predicted molar refractivity (Wildman–Crippen MR) is 63.0 cm³/mol. The molecule has 5 nitrogen and oxygen atoms in total. The highest BCUT2D eigenvalue weighted by molar-refractivity contribution is 5.85. The van der Waals surface area contributed by atoms with Crippen LogP contribution in [0.5, 0.6) is 0 Å². The number of amides is 1. The van der Waals surface area contributed by atoms with Gasteiger partial charge in [0.2, 0.25) is 5.69 Å². The second-order valence-electron chi connectivity index (χ2n) is 4.57. The lowest BCUT2D eigenvalue weighted by Gasteiger charge is -2.34. The number of aryl methyl sites for hydroxylation is 1. The van der Waals surface area contributed by atoms with Crippen molar-refractivity contribution in [3.05, 3.63) is 12.0 Å². The Morgan fingerprint density at radius 3 is 2.59 bits per heavy atom. The van der Waals surface area contributed by atoms with E-state index in [1.807, 2.05) is 6.92 Å². The molecule has 0 spiro atoms. The molecule has 94 valence electrons. The van der Waals surface area contributed by atoms with Crippen molar-refractivity contribution in [2.75, 3.05) is 7.11 Å². The fourth-order valence-electron chi connectivity index (χ4n) is 2.88. The molecule has 1 aromatic heterocycles. The first-order valence-corrected chi connectivity index (χ1v) is 6.00. The first-order valence-electron chi connectivity index (χ1n) is 6.00. The average Bonchev–Trinajstić information content (AvgIpc) is 2.93. The fourth-order valence-corrected chi connectivity index (χ4v) is 2.88. The van der Waals surface area contributed by atoms with Crippen molar-refractivity contribution in [2.24, 2.45) is 0 Å². The van der Waals surface area contributed by atoms with Gasteiger partial charge < -0.3 is 4.52 Å². The first kappa shape index (κ1) is 12.3. The van der Waals surface area contributed by atoms with E-state index in [2.05, 4.69) is 5.16 Å². The van der Waals surface area contributed by atoms with Crippen LogP contribution < -0.4 is 4.65 Å². The molecule has 5 heteroatoms. The van der Waals surface area contributed by atoms with Crippen LogP contribution >= 0.6 is 0 Å². The number of carbonyl (C=O) groups is 1. The Hall–Kier alpha value is -1.20. The van der Waals surface area contributed by atoms with E-state index in [1.54, 1.807) is 20.2 Å². The molecular weight excluding hydrogens is 220 g/mol. The van der Waals surface area contributed by atoms with Gasteiger partial charge in [0.05, 0.1) is 14.0 Å². The molecule has 1 heterocycles. The Labute approximate surface area is 101 Å². The number of carbonyl (C=O) groups excluding carboxylic acids is 1. The summed E-state index contributed by atoms with van der Waals surface area (Å²) in [6, 6.07) is 0.176. The van der Waals surface area contributed by atoms with Crippen LogP contribution in [0.25, 0.3) is 0 Å². The average molecular weight is 239 g/mol. The van der Waals surface area contributed by atoms with Crippen LogP contribution in [0.2, 0.25) is 0 Å². The molecule has 0 bridgehead atoms. The molecule has 0 aliphatic heterocycles. The summed E-state index contributed by atoms with van der Waals surface area (Å²) in [6.45, 7) is 3.38. The van der Waals surface area contributed by atoms with E-state index >= 15 is 0 Å². The molecule has 1 amide bonds. The van der Waals surface area contributed by atoms with Gasteiger partial charge >= 0.3 is 5.91 Å². The van der Waals surface area contributed by atoms with Crippen molar-refractivity contribution >= 4 is 11.6 Å². The van der Waals surface area contributed by atoms with Gasteiger partial charge in [0.25, 0.3) is 0 Å². The summed E-state index contributed by atoms with van der Waals surface area (Å²) in [7, 11) is 1.58. The summed E-state index contributed by atoms with van der Waals surface area (Å²) in [5.74, 6) is 0.625. The minimum absolute atomic E-state index is 0.0225. The minimum Gasteiger partial charge on any atom is -0.355 e. The molecule has 0 saturated heterocycles. The number of hydrogen-bond acceptors (Lipinski definition) is 4. The monoisotopic (exact) mass is 239 g/mol. The van der Waals surface area contributed by atoms with Crippen molar-refractivity contribution in [3.63, 3.8) is 0 Å². The highest BCUT2D eigenvalue weighted by Gasteiger charge is 2.49. The molecule has 17 heavy (non-hydrogen) atoms. The third-order valence-electron chi connectivity index (χ3n) is 3.68. The summed E-state index contributed by atoms with van der Waals surface area (Å²) >= 11 is 0. The van der Waals surface area contributed by atoms with Crippen molar-refractivity contribution in [3.8, 4) is 0 Å². The van der Waals surface area contributed by atoms with E-state index in [0.29, 0.717) is 5.76 Å². The zero-order valence-electron chi connectivity index (χ0n) is 10.6. The molecule has 0 radical (unpaired) electrons. The third kappa shape index (κ3) is 1.79. The van der Waals surface area contributed by atoms with E-state index in [-0.39, 0.29) is 16.6 Å². The van der Waals surface area contributed by atoms with Gasteiger partial charge in [0, 0.05) is 19.8 Å². The van der Waals surface area contributed by atoms with Crippen LogP contribution in [-0.2, 0) is 9.63 Å². The lowest BCUT2D eigenvalue weighted by Crippen LogP contribution is -2.58. The van der Waals surface area contributed by atoms with Crippen molar-refractivity contribution in [1.29, 1.82) is 0 Å². The van der Waals surface area contributed by atoms with Crippen LogP contribution in [0.15, 0.2) is 10.7 Å². The molecule has 2 rings (SSSR count). The summed E-state index contributed by atoms with van der Waals surface area (Å²) in [5.41, 5.74) is 0.729. The predicted octanol–water partition coefficient (Wildman–Crippen LogP) is 2.34. The van der Waals surface area contributed by atoms with Crippen molar-refractivity contribution in [1.82, 2.24) is 9.80 Å². The maximum absolute atomic E-state index is 12.1. The maximum Gasteiger partial charge on any atom is 0.348 e. The summed E-state index contributed by atoms with van der Waals surface area (Å²) in [6.07, 6.45) is 5.88. The van der Waals surface area contributed by atoms with Crippen molar-refractivity contribution < 1.29 is 14.2 Å². The number of nitrogens with zero attached hydrogens (tertiary/aromatic N) is 2. The molecule has 1 fully saturated rings. The van der Waals surface area contributed by atoms with Crippen LogP contribution in [0.1, 0.15) is 38.4 Å². The quantitative estimate of drug-likeness (QED) is 0.600. The molecule has 1 saturated carbocycles.